The fourth-order valence-corrected chi connectivity index (χ4v) is 2.06. The second-order valence-corrected chi connectivity index (χ2v) is 4.91. The van der Waals surface area contributed by atoms with Crippen LogP contribution in [-0.2, 0) is 9.53 Å². The van der Waals surface area contributed by atoms with E-state index in [0.717, 1.165) is 30.7 Å². The Morgan fingerprint density at radius 1 is 1.29 bits per heavy atom. The van der Waals surface area contributed by atoms with Gasteiger partial charge in [0.05, 0.1) is 26.7 Å². The molecule has 1 aromatic rings. The Balaban J connectivity index is 2.75. The molecule has 2 unspecified atom stereocenters. The van der Waals surface area contributed by atoms with Crippen LogP contribution in [0.15, 0.2) is 24.3 Å². The molecule has 2 atom stereocenters. The lowest BCUT2D eigenvalue weighted by molar-refractivity contribution is -0.142. The van der Waals surface area contributed by atoms with Crippen LogP contribution < -0.4 is 10.1 Å². The Hall–Kier alpha value is -1.59. The van der Waals surface area contributed by atoms with Crippen LogP contribution in [-0.4, -0.2) is 37.9 Å². The number of rotatable bonds is 9. The highest BCUT2D eigenvalue weighted by Gasteiger charge is 2.23. The first-order valence-corrected chi connectivity index (χ1v) is 7.24. The van der Waals surface area contributed by atoms with Crippen LogP contribution in [0.25, 0.3) is 0 Å². The third-order valence-electron chi connectivity index (χ3n) is 3.39. The van der Waals surface area contributed by atoms with Gasteiger partial charge in [-0.15, -0.1) is 0 Å². The fraction of sp³-hybridized carbons (Fsp3) is 0.562. The maximum Gasteiger partial charge on any atom is 0.307 e. The van der Waals surface area contributed by atoms with Crippen molar-refractivity contribution in [2.45, 2.75) is 38.3 Å². The summed E-state index contributed by atoms with van der Waals surface area (Å²) in [4.78, 5) is 11.5. The molecule has 0 amide bonds. The van der Waals surface area contributed by atoms with Crippen molar-refractivity contribution in [3.8, 4) is 5.75 Å². The lowest BCUT2D eigenvalue weighted by Gasteiger charge is -2.24. The van der Waals surface area contributed by atoms with Crippen molar-refractivity contribution in [3.05, 3.63) is 29.8 Å². The van der Waals surface area contributed by atoms with Crippen LogP contribution >= 0.6 is 0 Å². The van der Waals surface area contributed by atoms with E-state index in [9.17, 15) is 9.90 Å². The van der Waals surface area contributed by atoms with Crippen LogP contribution in [0.3, 0.4) is 0 Å². The number of benzene rings is 1. The van der Waals surface area contributed by atoms with Crippen LogP contribution in [0, 0.1) is 0 Å². The van der Waals surface area contributed by atoms with Gasteiger partial charge in [-0.05, 0) is 30.7 Å². The van der Waals surface area contributed by atoms with Crippen LogP contribution in [0.5, 0.6) is 5.75 Å². The summed E-state index contributed by atoms with van der Waals surface area (Å²) in [6.07, 6.45) is 1.41. The normalized spacial score (nSPS) is 13.5. The van der Waals surface area contributed by atoms with Gasteiger partial charge < -0.3 is 19.9 Å². The number of carbonyl (C=O) groups excluding carboxylic acids is 1. The first kappa shape index (κ1) is 17.5. The van der Waals surface area contributed by atoms with Gasteiger partial charge in [0, 0.05) is 6.04 Å². The molecule has 0 bridgehead atoms. The minimum absolute atomic E-state index is 0.132. The van der Waals surface area contributed by atoms with E-state index in [0.29, 0.717) is 0 Å². The monoisotopic (exact) mass is 295 g/mol. The molecule has 5 nitrogen and oxygen atoms in total. The fourth-order valence-electron chi connectivity index (χ4n) is 2.06. The molecule has 0 spiro atoms. The van der Waals surface area contributed by atoms with E-state index >= 15 is 0 Å². The number of aliphatic hydroxyl groups is 1. The summed E-state index contributed by atoms with van der Waals surface area (Å²) in [6.45, 7) is 2.85. The average Bonchev–Trinajstić information content (AvgIpc) is 2.53. The highest BCUT2D eigenvalue weighted by molar-refractivity contribution is 5.70. The van der Waals surface area contributed by atoms with Crippen molar-refractivity contribution in [3.63, 3.8) is 0 Å². The maximum absolute atomic E-state index is 11.5. The quantitative estimate of drug-likeness (QED) is 0.539. The van der Waals surface area contributed by atoms with Crippen LogP contribution in [0.2, 0.25) is 0 Å². The summed E-state index contributed by atoms with van der Waals surface area (Å²) < 4.78 is 9.80. The van der Waals surface area contributed by atoms with Gasteiger partial charge in [0.25, 0.3) is 0 Å². The van der Waals surface area contributed by atoms with Crippen molar-refractivity contribution in [2.75, 3.05) is 20.8 Å². The van der Waals surface area contributed by atoms with E-state index < -0.39 is 6.10 Å². The lowest BCUT2D eigenvalue weighted by Crippen LogP contribution is -2.37. The zero-order chi connectivity index (χ0) is 15.7. The van der Waals surface area contributed by atoms with E-state index in [4.69, 9.17) is 9.47 Å². The maximum atomic E-state index is 11.5. The number of nitrogens with one attached hydrogen (secondary N) is 1. The molecule has 0 aliphatic rings. The number of unbranched alkanes of at least 4 members (excludes halogenated alkanes) is 1. The Kier molecular flexibility index (Phi) is 7.79. The van der Waals surface area contributed by atoms with Crippen LogP contribution in [0.1, 0.15) is 37.9 Å². The molecule has 5 heteroatoms. The number of methoxy groups -OCH3 is 2. The Bertz CT molecular complexity index is 419. The summed E-state index contributed by atoms with van der Waals surface area (Å²) in [5.74, 6) is 0.394. The summed E-state index contributed by atoms with van der Waals surface area (Å²) in [6, 6.07) is 6.82. The number of carbonyl (C=O) groups is 1. The molecule has 0 heterocycles. The minimum atomic E-state index is -0.771. The van der Waals surface area contributed by atoms with Crippen LogP contribution in [0.4, 0.5) is 0 Å². The lowest BCUT2D eigenvalue weighted by atomic mass is 9.99. The third-order valence-corrected chi connectivity index (χ3v) is 3.39. The van der Waals surface area contributed by atoms with Gasteiger partial charge in [0.2, 0.25) is 0 Å². The summed E-state index contributed by atoms with van der Waals surface area (Å²) >= 11 is 0. The van der Waals surface area contributed by atoms with E-state index in [1.165, 1.54) is 7.11 Å². The van der Waals surface area contributed by atoms with Crippen molar-refractivity contribution >= 4 is 5.97 Å². The molecule has 2 N–H and O–H groups in total. The number of esters is 1. The van der Waals surface area contributed by atoms with Gasteiger partial charge >= 0.3 is 5.97 Å². The van der Waals surface area contributed by atoms with Gasteiger partial charge in [-0.25, -0.2) is 0 Å². The highest BCUT2D eigenvalue weighted by atomic mass is 16.5. The second-order valence-electron chi connectivity index (χ2n) is 4.91. The van der Waals surface area contributed by atoms with E-state index in [1.807, 2.05) is 0 Å². The number of aliphatic hydroxyl groups excluding tert-OH is 1. The molecule has 118 valence electrons. The van der Waals surface area contributed by atoms with Gasteiger partial charge in [0.15, 0.2) is 0 Å². The topological polar surface area (TPSA) is 67.8 Å². The van der Waals surface area contributed by atoms with Crippen molar-refractivity contribution in [1.82, 2.24) is 5.32 Å². The first-order chi connectivity index (χ1) is 10.1. The summed E-state index contributed by atoms with van der Waals surface area (Å²) in [7, 11) is 2.95. The smallest absolute Gasteiger partial charge is 0.307 e. The molecule has 0 fully saturated rings. The molecule has 1 aromatic carbocycles. The molecular weight excluding hydrogens is 270 g/mol. The van der Waals surface area contributed by atoms with Gasteiger partial charge in [0.1, 0.15) is 5.75 Å². The number of hydrogen-bond donors (Lipinski definition) is 2. The molecule has 0 aliphatic carbocycles. The van der Waals surface area contributed by atoms with Crippen molar-refractivity contribution < 1.29 is 19.4 Å². The SMILES string of the molecule is CCCCNC(CC(=O)OC)C(O)c1ccc(OC)cc1. The molecule has 0 radical (unpaired) electrons. The van der Waals surface area contributed by atoms with Gasteiger partial charge in [-0.2, -0.15) is 0 Å². The van der Waals surface area contributed by atoms with Crippen molar-refractivity contribution in [2.24, 2.45) is 0 Å². The zero-order valence-electron chi connectivity index (χ0n) is 13.0. The van der Waals surface area contributed by atoms with Gasteiger partial charge in [-0.3, -0.25) is 4.79 Å². The molecule has 1 rings (SSSR count). The Morgan fingerprint density at radius 3 is 2.48 bits per heavy atom. The van der Waals surface area contributed by atoms with E-state index in [1.54, 1.807) is 31.4 Å². The van der Waals surface area contributed by atoms with E-state index in [2.05, 4.69) is 12.2 Å². The Labute approximate surface area is 126 Å². The van der Waals surface area contributed by atoms with E-state index in [-0.39, 0.29) is 18.4 Å². The molecule has 21 heavy (non-hydrogen) atoms. The van der Waals surface area contributed by atoms with Gasteiger partial charge in [-0.1, -0.05) is 25.5 Å². The summed E-state index contributed by atoms with van der Waals surface area (Å²) in [5.41, 5.74) is 0.744. The average molecular weight is 295 g/mol. The first-order valence-electron chi connectivity index (χ1n) is 7.24. The highest BCUT2D eigenvalue weighted by Crippen LogP contribution is 2.22. The number of ether oxygens (including phenoxy) is 2. The molecule has 0 aromatic heterocycles. The molecular formula is C16H25NO4. The predicted molar refractivity (Wildman–Crippen MR) is 81.3 cm³/mol. The Morgan fingerprint density at radius 2 is 1.95 bits per heavy atom. The second kappa shape index (κ2) is 9.37. The number of hydrogen-bond acceptors (Lipinski definition) is 5. The molecule has 0 aliphatic heterocycles. The molecule has 0 saturated carbocycles. The molecule has 0 saturated heterocycles. The minimum Gasteiger partial charge on any atom is -0.497 e. The predicted octanol–water partition coefficient (Wildman–Crippen LogP) is 2.05. The third kappa shape index (κ3) is 5.73. The van der Waals surface area contributed by atoms with Crippen molar-refractivity contribution in [1.29, 1.82) is 0 Å². The standard InChI is InChI=1S/C16H25NO4/c1-4-5-10-17-14(11-15(18)21-3)16(19)12-6-8-13(20-2)9-7-12/h6-9,14,16-17,19H,4-5,10-11H2,1-3H3. The largest absolute Gasteiger partial charge is 0.497 e. The summed E-state index contributed by atoms with van der Waals surface area (Å²) in [5, 5.41) is 13.7. The zero-order valence-corrected chi connectivity index (χ0v) is 13.0.